The van der Waals surface area contributed by atoms with E-state index in [1.165, 1.54) is 56.1 Å². The topological polar surface area (TPSA) is 27.6 Å². The van der Waals surface area contributed by atoms with Crippen LogP contribution in [0.15, 0.2) is 4.99 Å². The molecule has 2 saturated heterocycles. The van der Waals surface area contributed by atoms with Crippen LogP contribution in [0.1, 0.15) is 46.0 Å². The lowest BCUT2D eigenvalue weighted by Gasteiger charge is -2.35. The Morgan fingerprint density at radius 1 is 1.33 bits per heavy atom. The van der Waals surface area contributed by atoms with Gasteiger partial charge in [-0.05, 0) is 45.7 Å². The van der Waals surface area contributed by atoms with E-state index < -0.39 is 0 Å². The van der Waals surface area contributed by atoms with Crippen molar-refractivity contribution in [3.63, 3.8) is 0 Å². The molecule has 2 aliphatic heterocycles. The summed E-state index contributed by atoms with van der Waals surface area (Å²) < 4.78 is 0. The van der Waals surface area contributed by atoms with Crippen LogP contribution in [0.4, 0.5) is 0 Å². The van der Waals surface area contributed by atoms with Gasteiger partial charge in [-0.2, -0.15) is 0 Å². The highest BCUT2D eigenvalue weighted by Crippen LogP contribution is 2.24. The van der Waals surface area contributed by atoms with Crippen molar-refractivity contribution in [1.82, 2.24) is 10.2 Å². The van der Waals surface area contributed by atoms with Crippen molar-refractivity contribution in [3.8, 4) is 0 Å². The number of hydrogen-bond acceptors (Lipinski definition) is 3. The lowest BCUT2D eigenvalue weighted by Crippen LogP contribution is -2.48. The SMILES string of the molecule is CCC1(C)CCSC(=NCCN2CCCCC2)N1. The highest BCUT2D eigenvalue weighted by molar-refractivity contribution is 8.13. The maximum Gasteiger partial charge on any atom is 0.157 e. The van der Waals surface area contributed by atoms with Crippen LogP contribution in [0, 0.1) is 0 Å². The van der Waals surface area contributed by atoms with Crippen LogP contribution in [0.3, 0.4) is 0 Å². The molecule has 3 nitrogen and oxygen atoms in total. The summed E-state index contributed by atoms with van der Waals surface area (Å²) in [5.74, 6) is 1.21. The summed E-state index contributed by atoms with van der Waals surface area (Å²) in [5.41, 5.74) is 0.273. The average molecular weight is 269 g/mol. The molecule has 2 fully saturated rings. The van der Waals surface area contributed by atoms with E-state index in [1.54, 1.807) is 0 Å². The second-order valence-corrected chi connectivity index (χ2v) is 6.81. The minimum Gasteiger partial charge on any atom is -0.360 e. The molecule has 18 heavy (non-hydrogen) atoms. The Morgan fingerprint density at radius 3 is 2.83 bits per heavy atom. The normalized spacial score (nSPS) is 32.4. The summed E-state index contributed by atoms with van der Waals surface area (Å²) in [6.07, 6.45) is 6.59. The molecule has 1 N–H and O–H groups in total. The highest BCUT2D eigenvalue weighted by atomic mass is 32.2. The third kappa shape index (κ3) is 4.16. The maximum atomic E-state index is 4.75. The minimum atomic E-state index is 0.273. The number of aliphatic imine (C=N–C) groups is 1. The molecule has 0 aromatic heterocycles. The van der Waals surface area contributed by atoms with Gasteiger partial charge in [0, 0.05) is 17.8 Å². The lowest BCUT2D eigenvalue weighted by molar-refractivity contribution is 0.235. The van der Waals surface area contributed by atoms with Crippen LogP contribution < -0.4 is 5.32 Å². The highest BCUT2D eigenvalue weighted by Gasteiger charge is 2.27. The van der Waals surface area contributed by atoms with Crippen molar-refractivity contribution >= 4 is 16.9 Å². The predicted octanol–water partition coefficient (Wildman–Crippen LogP) is 2.72. The van der Waals surface area contributed by atoms with E-state index in [4.69, 9.17) is 4.99 Å². The molecule has 0 aromatic carbocycles. The van der Waals surface area contributed by atoms with Gasteiger partial charge >= 0.3 is 0 Å². The first-order valence-electron chi connectivity index (χ1n) is 7.40. The number of rotatable bonds is 4. The largest absolute Gasteiger partial charge is 0.360 e. The van der Waals surface area contributed by atoms with E-state index >= 15 is 0 Å². The molecule has 2 rings (SSSR count). The van der Waals surface area contributed by atoms with Gasteiger partial charge in [0.05, 0.1) is 6.54 Å². The Labute approximate surface area is 116 Å². The van der Waals surface area contributed by atoms with E-state index in [1.807, 2.05) is 11.8 Å². The summed E-state index contributed by atoms with van der Waals surface area (Å²) in [6.45, 7) is 9.21. The molecule has 0 bridgehead atoms. The summed E-state index contributed by atoms with van der Waals surface area (Å²) >= 11 is 1.89. The van der Waals surface area contributed by atoms with Crippen molar-refractivity contribution < 1.29 is 0 Å². The van der Waals surface area contributed by atoms with Crippen LogP contribution in [0.25, 0.3) is 0 Å². The van der Waals surface area contributed by atoms with Crippen molar-refractivity contribution in [2.75, 3.05) is 31.9 Å². The zero-order valence-corrected chi connectivity index (χ0v) is 12.7. The number of piperidine rings is 1. The Hall–Kier alpha value is -0.220. The van der Waals surface area contributed by atoms with E-state index in [2.05, 4.69) is 24.1 Å². The molecule has 104 valence electrons. The average Bonchev–Trinajstić information content (AvgIpc) is 2.40. The number of nitrogens with zero attached hydrogens (tertiary/aromatic N) is 2. The van der Waals surface area contributed by atoms with Crippen molar-refractivity contribution in [3.05, 3.63) is 0 Å². The van der Waals surface area contributed by atoms with Gasteiger partial charge in [-0.15, -0.1) is 0 Å². The summed E-state index contributed by atoms with van der Waals surface area (Å²) in [4.78, 5) is 7.30. The van der Waals surface area contributed by atoms with E-state index in [-0.39, 0.29) is 5.54 Å². The van der Waals surface area contributed by atoms with Crippen LogP contribution in [-0.2, 0) is 0 Å². The van der Waals surface area contributed by atoms with Crippen LogP contribution in [0.5, 0.6) is 0 Å². The fourth-order valence-electron chi connectivity index (χ4n) is 2.56. The minimum absolute atomic E-state index is 0.273. The fraction of sp³-hybridized carbons (Fsp3) is 0.929. The third-order valence-electron chi connectivity index (χ3n) is 4.20. The number of nitrogens with one attached hydrogen (secondary N) is 1. The lowest BCUT2D eigenvalue weighted by atomic mass is 9.96. The van der Waals surface area contributed by atoms with Crippen LogP contribution in [0.2, 0.25) is 0 Å². The second-order valence-electron chi connectivity index (χ2n) is 5.73. The zero-order valence-electron chi connectivity index (χ0n) is 11.9. The molecular weight excluding hydrogens is 242 g/mol. The molecule has 4 heteroatoms. The molecule has 2 aliphatic rings. The molecule has 0 aromatic rings. The predicted molar refractivity (Wildman–Crippen MR) is 81.5 cm³/mol. The van der Waals surface area contributed by atoms with Crippen molar-refractivity contribution in [2.45, 2.75) is 51.5 Å². The van der Waals surface area contributed by atoms with Gasteiger partial charge in [-0.1, -0.05) is 25.1 Å². The van der Waals surface area contributed by atoms with E-state index in [9.17, 15) is 0 Å². The quantitative estimate of drug-likeness (QED) is 0.850. The number of amidine groups is 1. The van der Waals surface area contributed by atoms with Gasteiger partial charge < -0.3 is 10.2 Å². The molecule has 0 spiro atoms. The zero-order chi connectivity index (χ0) is 12.8. The van der Waals surface area contributed by atoms with Gasteiger partial charge in [-0.3, -0.25) is 4.99 Å². The first kappa shape index (κ1) is 14.2. The molecule has 0 radical (unpaired) electrons. The summed E-state index contributed by atoms with van der Waals surface area (Å²) in [6, 6.07) is 0. The van der Waals surface area contributed by atoms with E-state index in [0.717, 1.165) is 13.1 Å². The summed E-state index contributed by atoms with van der Waals surface area (Å²) in [7, 11) is 0. The summed E-state index contributed by atoms with van der Waals surface area (Å²) in [5, 5.41) is 4.78. The molecule has 0 saturated carbocycles. The number of thioether (sulfide) groups is 1. The Balaban J connectivity index is 1.74. The molecule has 0 amide bonds. The fourth-order valence-corrected chi connectivity index (χ4v) is 3.80. The van der Waals surface area contributed by atoms with Gasteiger partial charge in [0.25, 0.3) is 0 Å². The van der Waals surface area contributed by atoms with Crippen LogP contribution >= 0.6 is 11.8 Å². The van der Waals surface area contributed by atoms with Crippen molar-refractivity contribution in [1.29, 1.82) is 0 Å². The van der Waals surface area contributed by atoms with E-state index in [0.29, 0.717) is 0 Å². The molecular formula is C14H27N3S. The van der Waals surface area contributed by atoms with Gasteiger partial charge in [0.1, 0.15) is 0 Å². The van der Waals surface area contributed by atoms with Crippen LogP contribution in [-0.4, -0.2) is 47.5 Å². The molecule has 2 heterocycles. The number of likely N-dealkylation sites (tertiary alicyclic amines) is 1. The maximum absolute atomic E-state index is 4.75. The van der Waals surface area contributed by atoms with Crippen molar-refractivity contribution in [2.24, 2.45) is 4.99 Å². The van der Waals surface area contributed by atoms with Gasteiger partial charge in [-0.25, -0.2) is 0 Å². The smallest absolute Gasteiger partial charge is 0.157 e. The molecule has 0 aliphatic carbocycles. The standard InChI is InChI=1S/C14H27N3S/c1-3-14(2)7-12-18-13(16-14)15-8-11-17-9-5-4-6-10-17/h3-12H2,1-2H3,(H,15,16). The second kappa shape index (κ2) is 6.80. The Morgan fingerprint density at radius 2 is 2.11 bits per heavy atom. The monoisotopic (exact) mass is 269 g/mol. The van der Waals surface area contributed by atoms with Gasteiger partial charge in [0.15, 0.2) is 5.17 Å². The number of hydrogen-bond donors (Lipinski definition) is 1. The van der Waals surface area contributed by atoms with Gasteiger partial charge in [0.2, 0.25) is 0 Å². The molecule has 1 atom stereocenters. The first-order chi connectivity index (χ1) is 8.72. The molecule has 1 unspecified atom stereocenters. The Bertz CT molecular complexity index is 287. The first-order valence-corrected chi connectivity index (χ1v) is 8.38. The Kier molecular flexibility index (Phi) is 5.37. The third-order valence-corrected chi connectivity index (χ3v) is 5.11.